The molecule has 0 aliphatic rings. The number of carboxylic acids is 3. The largest absolute Gasteiger partial charge is 0.481 e. The number of carboxylic acid groups (broad SMARTS) is 3. The molecule has 0 aromatic carbocycles. The number of rotatable bonds is 15. The van der Waals surface area contributed by atoms with Gasteiger partial charge in [-0.2, -0.15) is 0 Å². The van der Waals surface area contributed by atoms with Crippen molar-refractivity contribution < 1.29 is 44.1 Å². The van der Waals surface area contributed by atoms with E-state index in [4.69, 9.17) is 21.7 Å². The van der Waals surface area contributed by atoms with Crippen LogP contribution in [0.15, 0.2) is 0 Å². The molecule has 0 rings (SSSR count). The standard InChI is InChI=1S/C16H27N5O9/c17-8(3-5-11(22)23)13(26)20-9(4-6-12(24)25)14(27)21-10(15(28)29)2-1-7-19-16(18)30/h8-10H,1-7,17H2,(H,20,26)(H,21,27)(H,22,23)(H,24,25)(H,28,29)(H3,18,19,30)/t8-,9-,10-/m0/s1. The summed E-state index contributed by atoms with van der Waals surface area (Å²) in [5.74, 6) is -5.61. The molecule has 14 heteroatoms. The van der Waals surface area contributed by atoms with Gasteiger partial charge in [0, 0.05) is 19.4 Å². The second-order valence-electron chi connectivity index (χ2n) is 6.37. The van der Waals surface area contributed by atoms with Crippen LogP contribution in [-0.4, -0.2) is 75.7 Å². The number of hydrogen-bond acceptors (Lipinski definition) is 7. The quantitative estimate of drug-likeness (QED) is 0.126. The molecule has 0 heterocycles. The number of nitrogens with two attached hydrogens (primary N) is 2. The zero-order valence-electron chi connectivity index (χ0n) is 16.1. The van der Waals surface area contributed by atoms with Crippen molar-refractivity contribution >= 4 is 35.8 Å². The minimum Gasteiger partial charge on any atom is -0.481 e. The first kappa shape index (κ1) is 26.6. The fourth-order valence-electron chi connectivity index (χ4n) is 2.27. The van der Waals surface area contributed by atoms with Gasteiger partial charge in [-0.3, -0.25) is 19.2 Å². The van der Waals surface area contributed by atoms with E-state index in [2.05, 4.69) is 16.0 Å². The molecule has 0 bridgehead atoms. The highest BCUT2D eigenvalue weighted by Gasteiger charge is 2.28. The van der Waals surface area contributed by atoms with E-state index < -0.39 is 60.3 Å². The number of amides is 4. The molecule has 4 amide bonds. The van der Waals surface area contributed by atoms with Gasteiger partial charge in [-0.25, -0.2) is 9.59 Å². The summed E-state index contributed by atoms with van der Waals surface area (Å²) < 4.78 is 0. The summed E-state index contributed by atoms with van der Waals surface area (Å²) in [6, 6.07) is -4.80. The maximum absolute atomic E-state index is 12.4. The molecule has 170 valence electrons. The molecule has 0 aliphatic heterocycles. The van der Waals surface area contributed by atoms with Gasteiger partial charge in [-0.05, 0) is 25.7 Å². The lowest BCUT2D eigenvalue weighted by Crippen LogP contribution is -2.54. The molecule has 0 unspecified atom stereocenters. The predicted octanol–water partition coefficient (Wildman–Crippen LogP) is -2.45. The molecule has 0 saturated heterocycles. The van der Waals surface area contributed by atoms with Crippen molar-refractivity contribution in [1.29, 1.82) is 0 Å². The van der Waals surface area contributed by atoms with Crippen LogP contribution in [0, 0.1) is 0 Å². The van der Waals surface area contributed by atoms with Crippen molar-refractivity contribution in [2.24, 2.45) is 11.5 Å². The van der Waals surface area contributed by atoms with Crippen LogP contribution in [0.5, 0.6) is 0 Å². The summed E-state index contributed by atoms with van der Waals surface area (Å²) >= 11 is 0. The van der Waals surface area contributed by atoms with Crippen LogP contribution in [0.25, 0.3) is 0 Å². The number of urea groups is 1. The average molecular weight is 433 g/mol. The SMILES string of the molecule is NC(=O)NCCC[C@H](NC(=O)[C@H](CCC(=O)O)NC(=O)[C@@H](N)CCC(=O)O)C(=O)O. The van der Waals surface area contributed by atoms with Gasteiger partial charge in [0.05, 0.1) is 6.04 Å². The number of carbonyl (C=O) groups is 6. The molecule has 30 heavy (non-hydrogen) atoms. The zero-order chi connectivity index (χ0) is 23.3. The Labute approximate surface area is 171 Å². The Kier molecular flexibility index (Phi) is 12.1. The molecule has 0 spiro atoms. The van der Waals surface area contributed by atoms with E-state index in [9.17, 15) is 33.9 Å². The Hall–Kier alpha value is -3.42. The fourth-order valence-corrected chi connectivity index (χ4v) is 2.27. The lowest BCUT2D eigenvalue weighted by atomic mass is 10.1. The first-order valence-electron chi connectivity index (χ1n) is 9.00. The third kappa shape index (κ3) is 12.1. The van der Waals surface area contributed by atoms with Crippen LogP contribution in [0.4, 0.5) is 4.79 Å². The van der Waals surface area contributed by atoms with E-state index in [1.807, 2.05) is 0 Å². The number of nitrogens with one attached hydrogen (secondary N) is 3. The molecule has 0 aromatic heterocycles. The first-order chi connectivity index (χ1) is 13.9. The van der Waals surface area contributed by atoms with Crippen LogP contribution in [0.2, 0.25) is 0 Å². The van der Waals surface area contributed by atoms with Crippen LogP contribution in [0.3, 0.4) is 0 Å². The van der Waals surface area contributed by atoms with E-state index in [1.165, 1.54) is 0 Å². The van der Waals surface area contributed by atoms with Gasteiger partial charge in [0.15, 0.2) is 0 Å². The molecule has 10 N–H and O–H groups in total. The number of aliphatic carboxylic acids is 3. The van der Waals surface area contributed by atoms with Crippen molar-refractivity contribution in [2.75, 3.05) is 6.54 Å². The molecular weight excluding hydrogens is 406 g/mol. The molecule has 0 aromatic rings. The van der Waals surface area contributed by atoms with Crippen molar-refractivity contribution in [2.45, 2.75) is 56.7 Å². The van der Waals surface area contributed by atoms with E-state index in [1.54, 1.807) is 0 Å². The Morgan fingerprint density at radius 2 is 1.30 bits per heavy atom. The van der Waals surface area contributed by atoms with Gasteiger partial charge < -0.3 is 42.7 Å². The average Bonchev–Trinajstić information content (AvgIpc) is 2.64. The number of carbonyl (C=O) groups excluding carboxylic acids is 3. The van der Waals surface area contributed by atoms with E-state index >= 15 is 0 Å². The van der Waals surface area contributed by atoms with Crippen LogP contribution in [0.1, 0.15) is 38.5 Å². The minimum absolute atomic E-state index is 0.0704. The molecule has 0 aliphatic carbocycles. The summed E-state index contributed by atoms with van der Waals surface area (Å²) in [5.41, 5.74) is 10.5. The van der Waals surface area contributed by atoms with Gasteiger partial charge >= 0.3 is 23.9 Å². The summed E-state index contributed by atoms with van der Waals surface area (Å²) in [4.78, 5) is 67.8. The Balaban J connectivity index is 5.01. The van der Waals surface area contributed by atoms with Crippen LogP contribution in [-0.2, 0) is 24.0 Å². The topological polar surface area (TPSA) is 251 Å². The smallest absolute Gasteiger partial charge is 0.326 e. The van der Waals surface area contributed by atoms with Gasteiger partial charge in [0.2, 0.25) is 11.8 Å². The minimum atomic E-state index is -1.39. The highest BCUT2D eigenvalue weighted by Crippen LogP contribution is 2.04. The molecule has 0 saturated carbocycles. The molecule has 14 nitrogen and oxygen atoms in total. The summed E-state index contributed by atoms with van der Waals surface area (Å²) in [6.07, 6.45) is -1.33. The summed E-state index contributed by atoms with van der Waals surface area (Å²) in [5, 5.41) is 33.4. The third-order valence-electron chi connectivity index (χ3n) is 3.87. The molecule has 3 atom stereocenters. The van der Waals surface area contributed by atoms with Gasteiger partial charge in [-0.1, -0.05) is 0 Å². The van der Waals surface area contributed by atoms with E-state index in [0.29, 0.717) is 0 Å². The predicted molar refractivity (Wildman–Crippen MR) is 100 cm³/mol. The molecule has 0 fully saturated rings. The number of primary amides is 1. The second-order valence-corrected chi connectivity index (χ2v) is 6.37. The third-order valence-corrected chi connectivity index (χ3v) is 3.87. The lowest BCUT2D eigenvalue weighted by Gasteiger charge is -2.22. The van der Waals surface area contributed by atoms with Gasteiger partial charge in [0.1, 0.15) is 12.1 Å². The monoisotopic (exact) mass is 433 g/mol. The number of hydrogen-bond donors (Lipinski definition) is 8. The highest BCUT2D eigenvalue weighted by atomic mass is 16.4. The van der Waals surface area contributed by atoms with E-state index in [0.717, 1.165) is 0 Å². The Bertz CT molecular complexity index is 655. The Morgan fingerprint density at radius 3 is 1.80 bits per heavy atom. The van der Waals surface area contributed by atoms with Crippen molar-refractivity contribution in [3.8, 4) is 0 Å². The van der Waals surface area contributed by atoms with Gasteiger partial charge in [-0.15, -0.1) is 0 Å². The molecular formula is C16H27N5O9. The maximum atomic E-state index is 12.4. The highest BCUT2D eigenvalue weighted by molar-refractivity contribution is 5.92. The van der Waals surface area contributed by atoms with Crippen molar-refractivity contribution in [3.05, 3.63) is 0 Å². The molecule has 0 radical (unpaired) electrons. The van der Waals surface area contributed by atoms with Crippen LogP contribution < -0.4 is 27.4 Å². The normalized spacial score (nSPS) is 13.4. The summed E-state index contributed by atoms with van der Waals surface area (Å²) in [7, 11) is 0. The lowest BCUT2D eigenvalue weighted by molar-refractivity contribution is -0.143. The summed E-state index contributed by atoms with van der Waals surface area (Å²) in [6.45, 7) is 0.0760. The van der Waals surface area contributed by atoms with Crippen molar-refractivity contribution in [3.63, 3.8) is 0 Å². The van der Waals surface area contributed by atoms with Crippen molar-refractivity contribution in [1.82, 2.24) is 16.0 Å². The maximum Gasteiger partial charge on any atom is 0.326 e. The van der Waals surface area contributed by atoms with Crippen LogP contribution >= 0.6 is 0 Å². The zero-order valence-corrected chi connectivity index (χ0v) is 16.1. The second kappa shape index (κ2) is 13.7. The fraction of sp³-hybridized carbons (Fsp3) is 0.625. The van der Waals surface area contributed by atoms with Gasteiger partial charge in [0.25, 0.3) is 0 Å². The Morgan fingerprint density at radius 1 is 0.767 bits per heavy atom. The first-order valence-corrected chi connectivity index (χ1v) is 9.00. The van der Waals surface area contributed by atoms with E-state index in [-0.39, 0.29) is 38.6 Å².